The summed E-state index contributed by atoms with van der Waals surface area (Å²) in [5, 5.41) is 0. The number of rotatable bonds is 18. The second kappa shape index (κ2) is 16.2. The number of carbonyl (C=O) groups excluding carboxylic acids is 1. The van der Waals surface area contributed by atoms with E-state index < -0.39 is 12.0 Å². The van der Waals surface area contributed by atoms with Crippen LogP contribution >= 0.6 is 0 Å². The summed E-state index contributed by atoms with van der Waals surface area (Å²) in [7, 11) is 5.24. The molecule has 0 bridgehead atoms. The van der Waals surface area contributed by atoms with Gasteiger partial charge in [-0.15, -0.1) is 0 Å². The molecule has 1 aliphatic carbocycles. The molecule has 2 rings (SSSR count). The quantitative estimate of drug-likeness (QED) is 0.196. The Kier molecular flexibility index (Phi) is 14.1. The minimum atomic E-state index is -2.42. The zero-order valence-electron chi connectivity index (χ0n) is 26.5. The summed E-state index contributed by atoms with van der Waals surface area (Å²) in [6.45, 7) is 12.9. The number of nitrogens with zero attached hydrogens (tertiary/aromatic N) is 2. The van der Waals surface area contributed by atoms with E-state index in [1.807, 2.05) is 33.9 Å². The number of benzene rings is 1. The Morgan fingerprint density at radius 3 is 2.32 bits per heavy atom. The third kappa shape index (κ3) is 10.5. The zero-order valence-corrected chi connectivity index (χ0v) is 26.5. The first-order chi connectivity index (χ1) is 19.3. The van der Waals surface area contributed by atoms with Crippen molar-refractivity contribution < 1.29 is 32.2 Å². The van der Waals surface area contributed by atoms with E-state index in [0.717, 1.165) is 11.1 Å². The third-order valence-corrected chi connectivity index (χ3v) is 8.18. The van der Waals surface area contributed by atoms with Crippen molar-refractivity contribution in [2.75, 3.05) is 67.2 Å². The number of esters is 1. The van der Waals surface area contributed by atoms with Crippen LogP contribution in [0.2, 0.25) is 0 Å². The Hall–Kier alpha value is -1.68. The van der Waals surface area contributed by atoms with Gasteiger partial charge in [0.25, 0.3) is 6.43 Å². The molecule has 0 N–H and O–H groups in total. The molecule has 0 unspecified atom stereocenters. The summed E-state index contributed by atoms with van der Waals surface area (Å²) < 4.78 is 57.9. The molecule has 0 fully saturated rings. The van der Waals surface area contributed by atoms with Gasteiger partial charge < -0.3 is 19.1 Å². The molecule has 6 nitrogen and oxygen atoms in total. The molecular weight excluding hydrogens is 533 g/mol. The molecule has 9 heteroatoms. The fourth-order valence-electron chi connectivity index (χ4n) is 6.47. The largest absolute Gasteiger partial charge is 0.458 e. The first-order valence-corrected chi connectivity index (χ1v) is 14.9. The second-order valence-corrected chi connectivity index (χ2v) is 12.9. The number of ether oxygens (including phenoxy) is 3. The SMILES string of the molecule is COCC(C)(COC)CN(CCCN(C)CC[C@@]1(OC(=O)C(C)C)CCc2cc(F)ccc2[C@@H]1C(C)C)CC(F)F. The van der Waals surface area contributed by atoms with Crippen molar-refractivity contribution in [3.63, 3.8) is 0 Å². The Morgan fingerprint density at radius 1 is 1.10 bits per heavy atom. The van der Waals surface area contributed by atoms with Crippen molar-refractivity contribution >= 4 is 5.97 Å². The van der Waals surface area contributed by atoms with E-state index >= 15 is 0 Å². The van der Waals surface area contributed by atoms with Crippen LogP contribution in [0.4, 0.5) is 13.2 Å². The second-order valence-electron chi connectivity index (χ2n) is 12.9. The number of carbonyl (C=O) groups is 1. The van der Waals surface area contributed by atoms with Gasteiger partial charge in [-0.2, -0.15) is 0 Å². The molecule has 0 aliphatic heterocycles. The van der Waals surface area contributed by atoms with Gasteiger partial charge in [0.2, 0.25) is 0 Å². The highest BCUT2D eigenvalue weighted by molar-refractivity contribution is 5.72. The zero-order chi connectivity index (χ0) is 30.8. The van der Waals surface area contributed by atoms with E-state index in [-0.39, 0.29) is 41.5 Å². The predicted molar refractivity (Wildman–Crippen MR) is 157 cm³/mol. The van der Waals surface area contributed by atoms with Gasteiger partial charge in [0.05, 0.1) is 25.7 Å². The van der Waals surface area contributed by atoms with Crippen molar-refractivity contribution in [2.24, 2.45) is 17.3 Å². The van der Waals surface area contributed by atoms with Crippen LogP contribution in [-0.4, -0.2) is 95.0 Å². The van der Waals surface area contributed by atoms with Crippen LogP contribution in [0.1, 0.15) is 70.9 Å². The van der Waals surface area contributed by atoms with Gasteiger partial charge in [0.15, 0.2) is 0 Å². The van der Waals surface area contributed by atoms with E-state index in [0.29, 0.717) is 65.1 Å². The Balaban J connectivity index is 2.13. The van der Waals surface area contributed by atoms with E-state index in [1.165, 1.54) is 6.07 Å². The number of alkyl halides is 2. The molecule has 1 aromatic carbocycles. The first kappa shape index (κ1) is 35.5. The number of aryl methyl sites for hydroxylation is 1. The molecule has 1 aromatic rings. The van der Waals surface area contributed by atoms with Gasteiger partial charge >= 0.3 is 5.97 Å². The van der Waals surface area contributed by atoms with Gasteiger partial charge in [-0.05, 0) is 68.6 Å². The predicted octanol–water partition coefficient (Wildman–Crippen LogP) is 6.03. The van der Waals surface area contributed by atoms with Crippen molar-refractivity contribution in [3.05, 3.63) is 35.1 Å². The fraction of sp³-hybridized carbons (Fsp3) is 0.781. The highest BCUT2D eigenvalue weighted by Gasteiger charge is 2.48. The van der Waals surface area contributed by atoms with E-state index in [1.54, 1.807) is 25.2 Å². The molecule has 0 saturated carbocycles. The minimum Gasteiger partial charge on any atom is -0.458 e. The highest BCUT2D eigenvalue weighted by Crippen LogP contribution is 2.48. The highest BCUT2D eigenvalue weighted by atomic mass is 19.3. The van der Waals surface area contributed by atoms with Gasteiger partial charge in [-0.3, -0.25) is 9.69 Å². The van der Waals surface area contributed by atoms with Gasteiger partial charge in [-0.25, -0.2) is 13.2 Å². The lowest BCUT2D eigenvalue weighted by Gasteiger charge is -2.47. The summed E-state index contributed by atoms with van der Waals surface area (Å²) in [4.78, 5) is 16.9. The maximum atomic E-state index is 14.0. The Labute approximate surface area is 245 Å². The smallest absolute Gasteiger partial charge is 0.308 e. The van der Waals surface area contributed by atoms with Gasteiger partial charge in [-0.1, -0.05) is 40.7 Å². The molecular formula is C32H53F3N2O4. The molecule has 0 heterocycles. The number of halogens is 3. The number of fused-ring (bicyclic) bond motifs is 1. The summed E-state index contributed by atoms with van der Waals surface area (Å²) in [6, 6.07) is 4.96. The number of methoxy groups -OCH3 is 2. The van der Waals surface area contributed by atoms with Crippen LogP contribution in [-0.2, 0) is 25.4 Å². The van der Waals surface area contributed by atoms with Gasteiger partial charge in [0, 0.05) is 45.1 Å². The van der Waals surface area contributed by atoms with Crippen molar-refractivity contribution in [1.29, 1.82) is 0 Å². The summed E-state index contributed by atoms with van der Waals surface area (Å²) in [6.07, 6.45) is 0.220. The molecule has 0 spiro atoms. The standard InChI is InChI=1S/C32H53F3N2O4/c1-23(2)29-27-11-10-26(33)18-25(27)12-13-32(29,41-30(38)24(3)4)14-17-36(6)15-9-16-37(19-28(34)35)20-31(5,21-39-7)22-40-8/h10-11,18,23-24,28-29H,9,12-17,19-22H2,1-8H3/t29-,32-/m0/s1. The summed E-state index contributed by atoms with van der Waals surface area (Å²) in [5.41, 5.74) is 0.965. The van der Waals surface area contributed by atoms with Crippen LogP contribution in [0.5, 0.6) is 0 Å². The van der Waals surface area contributed by atoms with Crippen LogP contribution < -0.4 is 0 Å². The average molecular weight is 587 g/mol. The lowest BCUT2D eigenvalue weighted by molar-refractivity contribution is -0.171. The molecule has 0 saturated heterocycles. The van der Waals surface area contributed by atoms with Crippen molar-refractivity contribution in [2.45, 2.75) is 78.2 Å². The van der Waals surface area contributed by atoms with E-state index in [4.69, 9.17) is 14.2 Å². The maximum Gasteiger partial charge on any atom is 0.308 e. The van der Waals surface area contributed by atoms with Crippen LogP contribution in [0, 0.1) is 23.1 Å². The summed E-state index contributed by atoms with van der Waals surface area (Å²) in [5.74, 6) is -0.593. The van der Waals surface area contributed by atoms with Gasteiger partial charge in [0.1, 0.15) is 11.4 Å². The first-order valence-electron chi connectivity index (χ1n) is 14.9. The number of hydrogen-bond donors (Lipinski definition) is 0. The van der Waals surface area contributed by atoms with Crippen LogP contribution in [0.25, 0.3) is 0 Å². The maximum absolute atomic E-state index is 14.0. The molecule has 236 valence electrons. The topological polar surface area (TPSA) is 51.2 Å². The molecule has 1 aliphatic rings. The number of hydrogen-bond acceptors (Lipinski definition) is 6. The normalized spacial score (nSPS) is 19.6. The molecule has 0 radical (unpaired) electrons. The summed E-state index contributed by atoms with van der Waals surface area (Å²) >= 11 is 0. The van der Waals surface area contributed by atoms with E-state index in [9.17, 15) is 18.0 Å². The molecule has 2 atom stereocenters. The van der Waals surface area contributed by atoms with Crippen LogP contribution in [0.3, 0.4) is 0 Å². The lowest BCUT2D eigenvalue weighted by Crippen LogP contribution is -2.49. The minimum absolute atomic E-state index is 0.0521. The monoisotopic (exact) mass is 586 g/mol. The lowest BCUT2D eigenvalue weighted by atomic mass is 9.65. The Bertz CT molecular complexity index is 940. The molecule has 0 amide bonds. The fourth-order valence-corrected chi connectivity index (χ4v) is 6.47. The van der Waals surface area contributed by atoms with E-state index in [2.05, 4.69) is 18.7 Å². The molecule has 0 aromatic heterocycles. The molecule has 41 heavy (non-hydrogen) atoms. The Morgan fingerprint density at radius 2 is 1.76 bits per heavy atom. The van der Waals surface area contributed by atoms with Crippen molar-refractivity contribution in [3.8, 4) is 0 Å². The van der Waals surface area contributed by atoms with Crippen LogP contribution in [0.15, 0.2) is 18.2 Å². The third-order valence-electron chi connectivity index (χ3n) is 8.18. The average Bonchev–Trinajstić information content (AvgIpc) is 2.87. The van der Waals surface area contributed by atoms with Crippen molar-refractivity contribution in [1.82, 2.24) is 9.80 Å².